The van der Waals surface area contributed by atoms with Gasteiger partial charge in [-0.15, -0.1) is 0 Å². The summed E-state index contributed by atoms with van der Waals surface area (Å²) in [6.07, 6.45) is 9.35. The zero-order valence-electron chi connectivity index (χ0n) is 12.3. The lowest BCUT2D eigenvalue weighted by Crippen LogP contribution is -2.37. The molecule has 1 aliphatic carbocycles. The van der Waals surface area contributed by atoms with E-state index in [-0.39, 0.29) is 0 Å². The summed E-state index contributed by atoms with van der Waals surface area (Å²) in [4.78, 5) is 0. The Morgan fingerprint density at radius 1 is 1.10 bits per heavy atom. The van der Waals surface area contributed by atoms with Gasteiger partial charge >= 0.3 is 0 Å². The van der Waals surface area contributed by atoms with Crippen LogP contribution in [0.5, 0.6) is 0 Å². The van der Waals surface area contributed by atoms with Crippen molar-refractivity contribution in [2.75, 3.05) is 6.54 Å². The van der Waals surface area contributed by atoms with E-state index in [1.54, 1.807) is 0 Å². The number of hydrogen-bond acceptors (Lipinski definition) is 1. The SMILES string of the molecule is CCNC(Cc1ccc(Cl)c(Cl)c1)C1CCCCCC1. The Balaban J connectivity index is 2.05. The lowest BCUT2D eigenvalue weighted by Gasteiger charge is -2.27. The molecule has 1 aliphatic rings. The van der Waals surface area contributed by atoms with Crippen LogP contribution in [-0.4, -0.2) is 12.6 Å². The van der Waals surface area contributed by atoms with Crippen molar-refractivity contribution in [1.29, 1.82) is 0 Å². The topological polar surface area (TPSA) is 12.0 Å². The van der Waals surface area contributed by atoms with Crippen LogP contribution in [0.1, 0.15) is 51.0 Å². The van der Waals surface area contributed by atoms with Crippen LogP contribution in [0.15, 0.2) is 18.2 Å². The highest BCUT2D eigenvalue weighted by atomic mass is 35.5. The summed E-state index contributed by atoms with van der Waals surface area (Å²) < 4.78 is 0. The summed E-state index contributed by atoms with van der Waals surface area (Å²) >= 11 is 12.1. The second kappa shape index (κ2) is 8.26. The van der Waals surface area contributed by atoms with Gasteiger partial charge in [-0.3, -0.25) is 0 Å². The van der Waals surface area contributed by atoms with Crippen LogP contribution >= 0.6 is 23.2 Å². The van der Waals surface area contributed by atoms with Crippen molar-refractivity contribution in [3.05, 3.63) is 33.8 Å². The lowest BCUT2D eigenvalue weighted by atomic mass is 9.87. The van der Waals surface area contributed by atoms with E-state index < -0.39 is 0 Å². The molecule has 2 rings (SSSR count). The normalized spacial score (nSPS) is 18.8. The average molecular weight is 314 g/mol. The third-order valence-electron chi connectivity index (χ3n) is 4.37. The van der Waals surface area contributed by atoms with E-state index >= 15 is 0 Å². The molecule has 3 heteroatoms. The minimum absolute atomic E-state index is 0.565. The molecule has 1 atom stereocenters. The molecule has 0 amide bonds. The molecule has 1 saturated carbocycles. The summed E-state index contributed by atoms with van der Waals surface area (Å²) in [5.74, 6) is 0.798. The van der Waals surface area contributed by atoms with Crippen molar-refractivity contribution < 1.29 is 0 Å². The summed E-state index contributed by atoms with van der Waals surface area (Å²) in [7, 11) is 0. The zero-order valence-corrected chi connectivity index (χ0v) is 13.8. The Morgan fingerprint density at radius 3 is 2.40 bits per heavy atom. The van der Waals surface area contributed by atoms with Gasteiger partial charge in [0.05, 0.1) is 10.0 Å². The smallest absolute Gasteiger partial charge is 0.0595 e. The van der Waals surface area contributed by atoms with Crippen LogP contribution in [0.25, 0.3) is 0 Å². The van der Waals surface area contributed by atoms with Gasteiger partial charge in [-0.25, -0.2) is 0 Å². The van der Waals surface area contributed by atoms with E-state index in [1.165, 1.54) is 44.1 Å². The van der Waals surface area contributed by atoms with Gasteiger partial charge in [0, 0.05) is 6.04 Å². The maximum Gasteiger partial charge on any atom is 0.0595 e. The highest BCUT2D eigenvalue weighted by molar-refractivity contribution is 6.42. The minimum Gasteiger partial charge on any atom is -0.314 e. The molecule has 0 bridgehead atoms. The monoisotopic (exact) mass is 313 g/mol. The first-order valence-corrected chi connectivity index (χ1v) is 8.63. The van der Waals surface area contributed by atoms with Gasteiger partial charge in [0.1, 0.15) is 0 Å². The minimum atomic E-state index is 0.565. The molecule has 0 spiro atoms. The highest BCUT2D eigenvalue weighted by Gasteiger charge is 2.22. The van der Waals surface area contributed by atoms with Crippen LogP contribution in [0.4, 0.5) is 0 Å². The fourth-order valence-corrected chi connectivity index (χ4v) is 3.62. The van der Waals surface area contributed by atoms with Crippen molar-refractivity contribution in [1.82, 2.24) is 5.32 Å². The zero-order chi connectivity index (χ0) is 14.4. The standard InChI is InChI=1S/C17H25Cl2N/c1-2-20-17(14-7-5-3-4-6-8-14)12-13-9-10-15(18)16(19)11-13/h9-11,14,17,20H,2-8,12H2,1H3. The predicted molar refractivity (Wildman–Crippen MR) is 88.8 cm³/mol. The van der Waals surface area contributed by atoms with Crippen LogP contribution in [0.3, 0.4) is 0 Å². The first-order chi connectivity index (χ1) is 9.70. The first-order valence-electron chi connectivity index (χ1n) is 7.88. The Bertz CT molecular complexity index is 411. The molecule has 1 fully saturated rings. The maximum atomic E-state index is 6.13. The Labute approximate surface area is 133 Å². The van der Waals surface area contributed by atoms with Crippen molar-refractivity contribution in [2.24, 2.45) is 5.92 Å². The van der Waals surface area contributed by atoms with Gasteiger partial charge in [-0.05, 0) is 49.4 Å². The Kier molecular flexibility index (Phi) is 6.67. The molecule has 1 N–H and O–H groups in total. The van der Waals surface area contributed by atoms with Gasteiger partial charge in [-0.1, -0.05) is 61.9 Å². The van der Waals surface area contributed by atoms with Crippen LogP contribution in [-0.2, 0) is 6.42 Å². The van der Waals surface area contributed by atoms with E-state index in [4.69, 9.17) is 23.2 Å². The van der Waals surface area contributed by atoms with Gasteiger partial charge < -0.3 is 5.32 Å². The Hall–Kier alpha value is -0.240. The van der Waals surface area contributed by atoms with Gasteiger partial charge in [0.15, 0.2) is 0 Å². The molecular formula is C17H25Cl2N. The summed E-state index contributed by atoms with van der Waals surface area (Å²) in [5.41, 5.74) is 1.29. The molecule has 1 unspecified atom stereocenters. The number of hydrogen-bond donors (Lipinski definition) is 1. The largest absolute Gasteiger partial charge is 0.314 e. The van der Waals surface area contributed by atoms with E-state index in [0.717, 1.165) is 18.9 Å². The first kappa shape index (κ1) is 16.1. The highest BCUT2D eigenvalue weighted by Crippen LogP contribution is 2.29. The van der Waals surface area contributed by atoms with E-state index in [0.29, 0.717) is 16.1 Å². The molecule has 0 radical (unpaired) electrons. The molecule has 0 aliphatic heterocycles. The fraction of sp³-hybridized carbons (Fsp3) is 0.647. The number of halogens is 2. The molecule has 1 aromatic carbocycles. The number of benzene rings is 1. The molecule has 0 heterocycles. The number of likely N-dealkylation sites (N-methyl/N-ethyl adjacent to an activating group) is 1. The summed E-state index contributed by atoms with van der Waals surface area (Å²) in [6.45, 7) is 3.22. The Morgan fingerprint density at radius 2 is 1.80 bits per heavy atom. The van der Waals surface area contributed by atoms with Gasteiger partial charge in [-0.2, -0.15) is 0 Å². The van der Waals surface area contributed by atoms with E-state index in [9.17, 15) is 0 Å². The summed E-state index contributed by atoms with van der Waals surface area (Å²) in [5, 5.41) is 5.00. The summed E-state index contributed by atoms with van der Waals surface area (Å²) in [6, 6.07) is 6.60. The van der Waals surface area contributed by atoms with Crippen LogP contribution < -0.4 is 5.32 Å². The molecule has 112 valence electrons. The molecular weight excluding hydrogens is 289 g/mol. The molecule has 0 aromatic heterocycles. The second-order valence-corrected chi connectivity index (χ2v) is 6.68. The van der Waals surface area contributed by atoms with Crippen LogP contribution in [0, 0.1) is 5.92 Å². The van der Waals surface area contributed by atoms with Crippen molar-refractivity contribution in [2.45, 2.75) is 57.9 Å². The average Bonchev–Trinajstić information content (AvgIpc) is 2.71. The third kappa shape index (κ3) is 4.65. The molecule has 1 nitrogen and oxygen atoms in total. The van der Waals surface area contributed by atoms with Crippen LogP contribution in [0.2, 0.25) is 10.0 Å². The quantitative estimate of drug-likeness (QED) is 0.709. The van der Waals surface area contributed by atoms with E-state index in [1.807, 2.05) is 12.1 Å². The second-order valence-electron chi connectivity index (χ2n) is 5.87. The van der Waals surface area contributed by atoms with E-state index in [2.05, 4.69) is 18.3 Å². The molecule has 0 saturated heterocycles. The number of rotatable bonds is 5. The van der Waals surface area contributed by atoms with Gasteiger partial charge in [0.2, 0.25) is 0 Å². The molecule has 20 heavy (non-hydrogen) atoms. The predicted octanol–water partition coefficient (Wildman–Crippen LogP) is 5.48. The number of nitrogens with one attached hydrogen (secondary N) is 1. The lowest BCUT2D eigenvalue weighted by molar-refractivity contribution is 0.321. The van der Waals surface area contributed by atoms with Crippen molar-refractivity contribution in [3.63, 3.8) is 0 Å². The fourth-order valence-electron chi connectivity index (χ4n) is 3.30. The van der Waals surface area contributed by atoms with Crippen molar-refractivity contribution in [3.8, 4) is 0 Å². The maximum absolute atomic E-state index is 6.13. The van der Waals surface area contributed by atoms with Crippen molar-refractivity contribution >= 4 is 23.2 Å². The molecule has 1 aromatic rings. The third-order valence-corrected chi connectivity index (χ3v) is 5.11. The van der Waals surface area contributed by atoms with Gasteiger partial charge in [0.25, 0.3) is 0 Å².